The minimum Gasteiger partial charge on any atom is -0.490 e. The van der Waals surface area contributed by atoms with Gasteiger partial charge in [0, 0.05) is 18.0 Å². The fraction of sp³-hybridized carbons (Fsp3) is 0.462. The van der Waals surface area contributed by atoms with Gasteiger partial charge in [0.15, 0.2) is 0 Å². The van der Waals surface area contributed by atoms with Gasteiger partial charge in [0.25, 0.3) is 5.91 Å². The average Bonchev–Trinajstić information content (AvgIpc) is 2.41. The molecular weight excluding hydrogens is 264 g/mol. The summed E-state index contributed by atoms with van der Waals surface area (Å²) in [4.78, 5) is 22.5. The Morgan fingerprint density at radius 2 is 2.25 bits per heavy atom. The molecule has 2 rings (SSSR count). The molecule has 1 amide bonds. The summed E-state index contributed by atoms with van der Waals surface area (Å²) in [6.07, 6.45) is 0. The van der Waals surface area contributed by atoms with Crippen LogP contribution < -0.4 is 10.1 Å². The molecule has 0 bridgehead atoms. The lowest BCUT2D eigenvalue weighted by atomic mass is 9.88. The van der Waals surface area contributed by atoms with Gasteiger partial charge < -0.3 is 14.8 Å². The number of nitro groups is 1. The standard InChI is InChI=1S/C13H16N2O5/c1-13(7-20-8-13)6-14-12(16)9-4-3-5-10(15(17)18)11(9)19-2/h3-5H,6-8H2,1-2H3,(H,14,16). The molecule has 7 heteroatoms. The first-order valence-electron chi connectivity index (χ1n) is 6.14. The summed E-state index contributed by atoms with van der Waals surface area (Å²) in [5.74, 6) is -0.413. The third kappa shape index (κ3) is 2.72. The molecule has 7 nitrogen and oxygen atoms in total. The maximum Gasteiger partial charge on any atom is 0.311 e. The molecular formula is C13H16N2O5. The number of carbonyl (C=O) groups is 1. The van der Waals surface area contributed by atoms with Gasteiger partial charge in [0.1, 0.15) is 0 Å². The van der Waals surface area contributed by atoms with E-state index in [1.165, 1.54) is 25.3 Å². The molecule has 0 saturated carbocycles. The van der Waals surface area contributed by atoms with Crippen molar-refractivity contribution >= 4 is 11.6 Å². The van der Waals surface area contributed by atoms with E-state index in [0.29, 0.717) is 19.8 Å². The van der Waals surface area contributed by atoms with Crippen LogP contribution in [0.2, 0.25) is 0 Å². The molecule has 1 saturated heterocycles. The predicted molar refractivity (Wildman–Crippen MR) is 70.9 cm³/mol. The summed E-state index contributed by atoms with van der Waals surface area (Å²) in [5, 5.41) is 13.7. The van der Waals surface area contributed by atoms with E-state index in [9.17, 15) is 14.9 Å². The second-order valence-electron chi connectivity index (χ2n) is 5.10. The maximum absolute atomic E-state index is 12.1. The number of hydrogen-bond donors (Lipinski definition) is 1. The van der Waals surface area contributed by atoms with Crippen molar-refractivity contribution in [2.24, 2.45) is 5.41 Å². The van der Waals surface area contributed by atoms with Crippen molar-refractivity contribution in [1.29, 1.82) is 0 Å². The highest BCUT2D eigenvalue weighted by molar-refractivity contribution is 5.98. The molecule has 1 aliphatic rings. The van der Waals surface area contributed by atoms with E-state index >= 15 is 0 Å². The van der Waals surface area contributed by atoms with Crippen molar-refractivity contribution in [3.63, 3.8) is 0 Å². The number of nitro benzene ring substituents is 1. The highest BCUT2D eigenvalue weighted by Gasteiger charge is 2.34. The van der Waals surface area contributed by atoms with Crippen LogP contribution in [0.1, 0.15) is 17.3 Å². The van der Waals surface area contributed by atoms with Gasteiger partial charge in [-0.2, -0.15) is 0 Å². The Hall–Kier alpha value is -2.15. The molecule has 1 heterocycles. The zero-order chi connectivity index (χ0) is 14.8. The molecule has 0 radical (unpaired) electrons. The minimum absolute atomic E-state index is 0.0231. The molecule has 1 aromatic carbocycles. The number of benzene rings is 1. The van der Waals surface area contributed by atoms with Crippen molar-refractivity contribution in [1.82, 2.24) is 5.32 Å². The van der Waals surface area contributed by atoms with Crippen molar-refractivity contribution in [3.8, 4) is 5.75 Å². The quantitative estimate of drug-likeness (QED) is 0.649. The zero-order valence-corrected chi connectivity index (χ0v) is 11.3. The Labute approximate surface area is 116 Å². The van der Waals surface area contributed by atoms with Crippen LogP contribution >= 0.6 is 0 Å². The van der Waals surface area contributed by atoms with Crippen LogP contribution in [0.25, 0.3) is 0 Å². The number of para-hydroxylation sites is 1. The predicted octanol–water partition coefficient (Wildman–Crippen LogP) is 1.37. The van der Waals surface area contributed by atoms with E-state index in [1.54, 1.807) is 0 Å². The Balaban J connectivity index is 2.16. The lowest BCUT2D eigenvalue weighted by Gasteiger charge is -2.38. The van der Waals surface area contributed by atoms with Gasteiger partial charge in [0.05, 0.1) is 30.8 Å². The van der Waals surface area contributed by atoms with E-state index in [4.69, 9.17) is 9.47 Å². The van der Waals surface area contributed by atoms with Crippen LogP contribution in [0.15, 0.2) is 18.2 Å². The van der Waals surface area contributed by atoms with Gasteiger partial charge in [-0.25, -0.2) is 0 Å². The van der Waals surface area contributed by atoms with E-state index in [2.05, 4.69) is 5.32 Å². The summed E-state index contributed by atoms with van der Waals surface area (Å²) in [7, 11) is 1.31. The summed E-state index contributed by atoms with van der Waals surface area (Å²) in [6.45, 7) is 3.65. The Morgan fingerprint density at radius 1 is 1.55 bits per heavy atom. The fourth-order valence-electron chi connectivity index (χ4n) is 2.00. The first-order chi connectivity index (χ1) is 9.47. The van der Waals surface area contributed by atoms with Crippen LogP contribution in [-0.4, -0.2) is 37.7 Å². The van der Waals surface area contributed by atoms with Crippen molar-refractivity contribution in [3.05, 3.63) is 33.9 Å². The highest BCUT2D eigenvalue weighted by atomic mass is 16.6. The third-order valence-electron chi connectivity index (χ3n) is 3.22. The number of amides is 1. The van der Waals surface area contributed by atoms with Crippen LogP contribution in [-0.2, 0) is 4.74 Å². The van der Waals surface area contributed by atoms with Crippen molar-refractivity contribution in [2.75, 3.05) is 26.9 Å². The first-order valence-corrected chi connectivity index (χ1v) is 6.14. The van der Waals surface area contributed by atoms with Crippen LogP contribution in [0.5, 0.6) is 5.75 Å². The average molecular weight is 280 g/mol. The van der Waals surface area contributed by atoms with Gasteiger partial charge in [-0.05, 0) is 6.07 Å². The second kappa shape index (κ2) is 5.46. The molecule has 0 spiro atoms. The monoisotopic (exact) mass is 280 g/mol. The number of nitrogens with zero attached hydrogens (tertiary/aromatic N) is 1. The summed E-state index contributed by atoms with van der Waals surface area (Å²) < 4.78 is 10.1. The van der Waals surface area contributed by atoms with Gasteiger partial charge >= 0.3 is 5.69 Å². The first kappa shape index (κ1) is 14.3. The lowest BCUT2D eigenvalue weighted by Crippen LogP contribution is -2.48. The van der Waals surface area contributed by atoms with E-state index in [-0.39, 0.29) is 22.4 Å². The molecule has 0 aromatic heterocycles. The van der Waals surface area contributed by atoms with Crippen LogP contribution in [0, 0.1) is 15.5 Å². The molecule has 0 aliphatic carbocycles. The number of nitrogens with one attached hydrogen (secondary N) is 1. The smallest absolute Gasteiger partial charge is 0.311 e. The van der Waals surface area contributed by atoms with E-state index in [0.717, 1.165) is 0 Å². The molecule has 108 valence electrons. The van der Waals surface area contributed by atoms with E-state index < -0.39 is 10.8 Å². The number of carbonyl (C=O) groups excluding carboxylic acids is 1. The molecule has 20 heavy (non-hydrogen) atoms. The SMILES string of the molecule is COc1c(C(=O)NCC2(C)COC2)cccc1[N+](=O)[O-]. The Kier molecular flexibility index (Phi) is 3.89. The maximum atomic E-state index is 12.1. The summed E-state index contributed by atoms with van der Waals surface area (Å²) in [5.41, 5.74) is -0.132. The van der Waals surface area contributed by atoms with Gasteiger partial charge in [-0.15, -0.1) is 0 Å². The van der Waals surface area contributed by atoms with E-state index in [1.807, 2.05) is 6.92 Å². The summed E-state index contributed by atoms with van der Waals surface area (Å²) >= 11 is 0. The number of methoxy groups -OCH3 is 1. The fourth-order valence-corrected chi connectivity index (χ4v) is 2.00. The second-order valence-corrected chi connectivity index (χ2v) is 5.10. The molecule has 1 fully saturated rings. The topological polar surface area (TPSA) is 90.7 Å². The number of rotatable bonds is 5. The number of hydrogen-bond acceptors (Lipinski definition) is 5. The minimum atomic E-state index is -0.573. The molecule has 0 unspecified atom stereocenters. The van der Waals surface area contributed by atoms with Crippen molar-refractivity contribution in [2.45, 2.75) is 6.92 Å². The Morgan fingerprint density at radius 3 is 2.75 bits per heavy atom. The normalized spacial score (nSPS) is 16.1. The Bertz CT molecular complexity index is 540. The largest absolute Gasteiger partial charge is 0.490 e. The van der Waals surface area contributed by atoms with Crippen LogP contribution in [0.4, 0.5) is 5.69 Å². The lowest BCUT2D eigenvalue weighted by molar-refractivity contribution is -0.385. The molecule has 1 N–H and O–H groups in total. The zero-order valence-electron chi connectivity index (χ0n) is 11.3. The van der Waals surface area contributed by atoms with Crippen LogP contribution in [0.3, 0.4) is 0 Å². The third-order valence-corrected chi connectivity index (χ3v) is 3.22. The molecule has 0 atom stereocenters. The molecule has 1 aromatic rings. The van der Waals surface area contributed by atoms with Crippen molar-refractivity contribution < 1.29 is 19.2 Å². The summed E-state index contributed by atoms with van der Waals surface area (Å²) in [6, 6.07) is 4.27. The van der Waals surface area contributed by atoms with Gasteiger partial charge in [0.2, 0.25) is 5.75 Å². The number of ether oxygens (including phenoxy) is 2. The molecule has 1 aliphatic heterocycles. The van der Waals surface area contributed by atoms with Gasteiger partial charge in [-0.1, -0.05) is 13.0 Å². The van der Waals surface area contributed by atoms with Gasteiger partial charge in [-0.3, -0.25) is 14.9 Å². The highest BCUT2D eigenvalue weighted by Crippen LogP contribution is 2.31.